The number of carbonyl (C=O) groups is 3. The summed E-state index contributed by atoms with van der Waals surface area (Å²) in [6.07, 6.45) is 1.000. The maximum absolute atomic E-state index is 12.7. The van der Waals surface area contributed by atoms with Gasteiger partial charge in [0.25, 0.3) is 0 Å². The number of hydrogen-bond acceptors (Lipinski definition) is 3. The van der Waals surface area contributed by atoms with Crippen LogP contribution >= 0.6 is 0 Å². The lowest BCUT2D eigenvalue weighted by Gasteiger charge is -2.19. The summed E-state index contributed by atoms with van der Waals surface area (Å²) in [5, 5.41) is 3.00. The first kappa shape index (κ1) is 20.1. The molecular weight excluding hydrogens is 378 g/mol. The van der Waals surface area contributed by atoms with Gasteiger partial charge in [-0.15, -0.1) is 0 Å². The Morgan fingerprint density at radius 2 is 1.93 bits per heavy atom. The zero-order valence-corrected chi connectivity index (χ0v) is 17.7. The molecule has 1 saturated heterocycles. The molecule has 2 heterocycles. The molecular formula is C24H27N3O3. The zero-order chi connectivity index (χ0) is 21.4. The van der Waals surface area contributed by atoms with Crippen molar-refractivity contribution in [1.82, 2.24) is 5.32 Å². The number of hydrogen-bond donors (Lipinski definition) is 1. The number of amides is 3. The van der Waals surface area contributed by atoms with Crippen LogP contribution in [-0.2, 0) is 27.3 Å². The summed E-state index contributed by atoms with van der Waals surface area (Å²) in [5.74, 6) is -0.456. The lowest BCUT2D eigenvalue weighted by atomic mass is 10.0. The van der Waals surface area contributed by atoms with Gasteiger partial charge in [-0.2, -0.15) is 0 Å². The van der Waals surface area contributed by atoms with Crippen molar-refractivity contribution in [1.29, 1.82) is 0 Å². The summed E-state index contributed by atoms with van der Waals surface area (Å²) in [4.78, 5) is 40.5. The Morgan fingerprint density at radius 3 is 2.70 bits per heavy atom. The molecule has 2 aliphatic rings. The van der Waals surface area contributed by atoms with Gasteiger partial charge in [-0.25, -0.2) is 0 Å². The number of fused-ring (bicyclic) bond motifs is 1. The summed E-state index contributed by atoms with van der Waals surface area (Å²) in [5.41, 5.74) is 6.18. The number of rotatable bonds is 4. The molecule has 2 aliphatic heterocycles. The lowest BCUT2D eigenvalue weighted by molar-refractivity contribution is -0.126. The minimum Gasteiger partial charge on any atom is -0.352 e. The fourth-order valence-electron chi connectivity index (χ4n) is 4.33. The molecule has 0 aliphatic carbocycles. The normalized spacial score (nSPS) is 18.0. The fourth-order valence-corrected chi connectivity index (χ4v) is 4.33. The molecule has 0 radical (unpaired) electrons. The summed E-state index contributed by atoms with van der Waals surface area (Å²) in [6, 6.07) is 11.9. The van der Waals surface area contributed by atoms with Gasteiger partial charge in [0.1, 0.15) is 0 Å². The average molecular weight is 405 g/mol. The average Bonchev–Trinajstić information content (AvgIpc) is 3.31. The van der Waals surface area contributed by atoms with E-state index >= 15 is 0 Å². The lowest BCUT2D eigenvalue weighted by Crippen LogP contribution is -2.32. The van der Waals surface area contributed by atoms with Crippen molar-refractivity contribution in [2.75, 3.05) is 22.9 Å². The van der Waals surface area contributed by atoms with Crippen LogP contribution in [0.4, 0.5) is 11.4 Å². The topological polar surface area (TPSA) is 69.7 Å². The van der Waals surface area contributed by atoms with E-state index in [-0.39, 0.29) is 30.1 Å². The quantitative estimate of drug-likeness (QED) is 0.850. The maximum atomic E-state index is 12.7. The molecule has 156 valence electrons. The second-order valence-corrected chi connectivity index (χ2v) is 8.29. The van der Waals surface area contributed by atoms with E-state index in [1.807, 2.05) is 32.0 Å². The molecule has 2 aromatic rings. The van der Waals surface area contributed by atoms with Crippen LogP contribution in [0.5, 0.6) is 0 Å². The van der Waals surface area contributed by atoms with Crippen LogP contribution in [0.2, 0.25) is 0 Å². The van der Waals surface area contributed by atoms with Gasteiger partial charge in [-0.1, -0.05) is 23.8 Å². The first-order chi connectivity index (χ1) is 14.3. The van der Waals surface area contributed by atoms with Crippen molar-refractivity contribution in [3.05, 3.63) is 58.7 Å². The van der Waals surface area contributed by atoms with Crippen LogP contribution in [-0.4, -0.2) is 30.8 Å². The molecule has 0 spiro atoms. The molecule has 0 unspecified atom stereocenters. The van der Waals surface area contributed by atoms with Gasteiger partial charge in [0, 0.05) is 44.4 Å². The van der Waals surface area contributed by atoms with Crippen molar-refractivity contribution in [2.24, 2.45) is 5.92 Å². The number of carbonyl (C=O) groups excluding carboxylic acids is 3. The van der Waals surface area contributed by atoms with Crippen LogP contribution in [0.3, 0.4) is 0 Å². The Hall–Kier alpha value is -3.15. The first-order valence-electron chi connectivity index (χ1n) is 10.4. The van der Waals surface area contributed by atoms with Gasteiger partial charge in [-0.05, 0) is 55.2 Å². The standard InChI is InChI=1S/C24H27N3O3/c1-15-4-5-16(2)19(10-15)13-25-24(30)20-12-23(29)27(14-20)21-6-7-22-18(11-21)8-9-26(22)17(3)28/h4-7,10-11,20H,8-9,12-14H2,1-3H3,(H,25,30)/t20-/m0/s1. The Kier molecular flexibility index (Phi) is 5.33. The third kappa shape index (κ3) is 3.82. The van der Waals surface area contributed by atoms with Crippen molar-refractivity contribution in [2.45, 2.75) is 40.2 Å². The SMILES string of the molecule is CC(=O)N1CCc2cc(N3C[C@@H](C(=O)NCc4cc(C)ccc4C)CC3=O)ccc21. The highest BCUT2D eigenvalue weighted by atomic mass is 16.2. The van der Waals surface area contributed by atoms with E-state index in [0.717, 1.165) is 40.0 Å². The first-order valence-corrected chi connectivity index (χ1v) is 10.4. The molecule has 6 heteroatoms. The van der Waals surface area contributed by atoms with Crippen LogP contribution in [0.15, 0.2) is 36.4 Å². The number of nitrogens with one attached hydrogen (secondary N) is 1. The Morgan fingerprint density at radius 1 is 1.13 bits per heavy atom. The van der Waals surface area contributed by atoms with Gasteiger partial charge in [-0.3, -0.25) is 14.4 Å². The molecule has 0 saturated carbocycles. The summed E-state index contributed by atoms with van der Waals surface area (Å²) >= 11 is 0. The Balaban J connectivity index is 1.42. The molecule has 3 amide bonds. The fraction of sp³-hybridized carbons (Fsp3) is 0.375. The van der Waals surface area contributed by atoms with Gasteiger partial charge in [0.2, 0.25) is 17.7 Å². The number of anilines is 2. The highest BCUT2D eigenvalue weighted by molar-refractivity contribution is 6.01. The minimum atomic E-state index is -0.357. The van der Waals surface area contributed by atoms with Crippen molar-refractivity contribution < 1.29 is 14.4 Å². The molecule has 2 aromatic carbocycles. The molecule has 6 nitrogen and oxygen atoms in total. The van der Waals surface area contributed by atoms with E-state index in [2.05, 4.69) is 23.5 Å². The molecule has 0 aromatic heterocycles. The Bertz CT molecular complexity index is 1030. The van der Waals surface area contributed by atoms with Gasteiger partial charge < -0.3 is 15.1 Å². The monoisotopic (exact) mass is 405 g/mol. The van der Waals surface area contributed by atoms with Gasteiger partial charge in [0.15, 0.2) is 0 Å². The van der Waals surface area contributed by atoms with E-state index in [1.165, 1.54) is 0 Å². The number of benzene rings is 2. The van der Waals surface area contributed by atoms with Crippen LogP contribution in [0, 0.1) is 19.8 Å². The maximum Gasteiger partial charge on any atom is 0.227 e. The summed E-state index contributed by atoms with van der Waals surface area (Å²) < 4.78 is 0. The Labute approximate surface area is 176 Å². The molecule has 1 atom stereocenters. The third-order valence-electron chi connectivity index (χ3n) is 6.10. The van der Waals surface area contributed by atoms with Crippen LogP contribution in [0.25, 0.3) is 0 Å². The predicted molar refractivity (Wildman–Crippen MR) is 116 cm³/mol. The van der Waals surface area contributed by atoms with Gasteiger partial charge >= 0.3 is 0 Å². The van der Waals surface area contributed by atoms with Crippen LogP contribution < -0.4 is 15.1 Å². The number of aryl methyl sites for hydroxylation is 2. The second kappa shape index (κ2) is 7.94. The second-order valence-electron chi connectivity index (χ2n) is 8.29. The highest BCUT2D eigenvalue weighted by Crippen LogP contribution is 2.34. The van der Waals surface area contributed by atoms with Gasteiger partial charge in [0.05, 0.1) is 5.92 Å². The van der Waals surface area contributed by atoms with Crippen LogP contribution in [0.1, 0.15) is 35.6 Å². The molecule has 1 N–H and O–H groups in total. The summed E-state index contributed by atoms with van der Waals surface area (Å²) in [6.45, 7) is 7.15. The smallest absolute Gasteiger partial charge is 0.227 e. The van der Waals surface area contributed by atoms with E-state index in [4.69, 9.17) is 0 Å². The van der Waals surface area contributed by atoms with Crippen molar-refractivity contribution in [3.63, 3.8) is 0 Å². The molecule has 1 fully saturated rings. The predicted octanol–water partition coefficient (Wildman–Crippen LogP) is 2.88. The summed E-state index contributed by atoms with van der Waals surface area (Å²) in [7, 11) is 0. The zero-order valence-electron chi connectivity index (χ0n) is 17.7. The molecule has 30 heavy (non-hydrogen) atoms. The van der Waals surface area contributed by atoms with Crippen molar-refractivity contribution in [3.8, 4) is 0 Å². The molecule has 4 rings (SSSR count). The largest absolute Gasteiger partial charge is 0.352 e. The molecule has 0 bridgehead atoms. The minimum absolute atomic E-state index is 0.0272. The highest BCUT2D eigenvalue weighted by Gasteiger charge is 2.35. The van der Waals surface area contributed by atoms with Crippen molar-refractivity contribution >= 4 is 29.1 Å². The van der Waals surface area contributed by atoms with E-state index < -0.39 is 0 Å². The van der Waals surface area contributed by atoms with E-state index in [1.54, 1.807) is 16.7 Å². The third-order valence-corrected chi connectivity index (χ3v) is 6.10. The van der Waals surface area contributed by atoms with E-state index in [0.29, 0.717) is 19.6 Å². The van der Waals surface area contributed by atoms with E-state index in [9.17, 15) is 14.4 Å². The number of nitrogens with zero attached hydrogens (tertiary/aromatic N) is 2.